The van der Waals surface area contributed by atoms with Crippen LogP contribution in [0.1, 0.15) is 50.6 Å². The third kappa shape index (κ3) is 2.10. The average molecular weight is 271 g/mol. The van der Waals surface area contributed by atoms with Gasteiger partial charge in [0, 0.05) is 12.1 Å². The zero-order chi connectivity index (χ0) is 13.7. The molecule has 0 saturated heterocycles. The third-order valence-corrected chi connectivity index (χ3v) is 5.98. The first kappa shape index (κ1) is 12.8. The van der Waals surface area contributed by atoms with Crippen molar-refractivity contribution in [3.8, 4) is 0 Å². The molecule has 2 N–H and O–H groups in total. The fourth-order valence-electron chi connectivity index (χ4n) is 5.38. The molecule has 1 aromatic carbocycles. The van der Waals surface area contributed by atoms with Crippen LogP contribution < -0.4 is 5.32 Å². The molecule has 0 aliphatic heterocycles. The summed E-state index contributed by atoms with van der Waals surface area (Å²) in [5.41, 5.74) is 1.06. The van der Waals surface area contributed by atoms with Crippen molar-refractivity contribution in [3.63, 3.8) is 0 Å². The van der Waals surface area contributed by atoms with E-state index in [2.05, 4.69) is 42.6 Å². The minimum absolute atomic E-state index is 0.315. The fraction of sp³-hybridized carbons (Fsp3) is 0.667. The Kier molecular flexibility index (Phi) is 2.94. The van der Waals surface area contributed by atoms with Crippen molar-refractivity contribution >= 4 is 0 Å². The summed E-state index contributed by atoms with van der Waals surface area (Å²) in [7, 11) is 0. The van der Waals surface area contributed by atoms with E-state index < -0.39 is 0 Å². The summed E-state index contributed by atoms with van der Waals surface area (Å²) in [6.07, 6.45) is 5.79. The molecule has 0 spiro atoms. The van der Waals surface area contributed by atoms with E-state index in [1.165, 1.54) is 18.4 Å². The second-order valence-corrected chi connectivity index (χ2v) is 7.52. The van der Waals surface area contributed by atoms with Crippen LogP contribution in [0, 0.1) is 17.8 Å². The topological polar surface area (TPSA) is 32.3 Å². The standard InChI is InChI=1S/C18H25NO/c1-12(14-5-3-2-4-6-14)19-17-15-7-13-8-16(17)11-18(20,9-13)10-15/h2-6,12-13,15-17,19-20H,7-11H2,1H3/t12-,13?,15?,16?,17-,18-/m0/s1. The van der Waals surface area contributed by atoms with Gasteiger partial charge in [0.15, 0.2) is 0 Å². The molecule has 4 fully saturated rings. The number of nitrogens with one attached hydrogen (secondary N) is 1. The lowest BCUT2D eigenvalue weighted by molar-refractivity contribution is -0.139. The maximum atomic E-state index is 10.6. The highest BCUT2D eigenvalue weighted by atomic mass is 16.3. The molecule has 2 heteroatoms. The van der Waals surface area contributed by atoms with Crippen LogP contribution in [0.3, 0.4) is 0 Å². The quantitative estimate of drug-likeness (QED) is 0.884. The van der Waals surface area contributed by atoms with Crippen LogP contribution in [0.4, 0.5) is 0 Å². The average Bonchev–Trinajstić information content (AvgIpc) is 2.42. The van der Waals surface area contributed by atoms with Gasteiger partial charge in [0.2, 0.25) is 0 Å². The molecule has 3 atom stereocenters. The Bertz CT molecular complexity index is 469. The summed E-state index contributed by atoms with van der Waals surface area (Å²) in [6.45, 7) is 2.27. The minimum atomic E-state index is -0.315. The van der Waals surface area contributed by atoms with Crippen molar-refractivity contribution in [2.75, 3.05) is 0 Å². The Hall–Kier alpha value is -0.860. The zero-order valence-corrected chi connectivity index (χ0v) is 12.3. The first-order chi connectivity index (χ1) is 9.63. The van der Waals surface area contributed by atoms with Gasteiger partial charge < -0.3 is 10.4 Å². The van der Waals surface area contributed by atoms with Crippen LogP contribution in [0.5, 0.6) is 0 Å². The second-order valence-electron chi connectivity index (χ2n) is 7.52. The molecule has 0 heterocycles. The molecule has 4 bridgehead atoms. The van der Waals surface area contributed by atoms with Crippen molar-refractivity contribution in [2.45, 2.75) is 56.7 Å². The Labute approximate surface area is 121 Å². The van der Waals surface area contributed by atoms with E-state index in [0.717, 1.165) is 25.2 Å². The Balaban J connectivity index is 1.50. The molecule has 1 aromatic rings. The molecule has 4 aliphatic rings. The van der Waals surface area contributed by atoms with Gasteiger partial charge in [-0.2, -0.15) is 0 Å². The molecule has 0 amide bonds. The molecule has 2 nitrogen and oxygen atoms in total. The Morgan fingerprint density at radius 3 is 2.35 bits per heavy atom. The zero-order valence-electron chi connectivity index (χ0n) is 12.3. The molecule has 2 unspecified atom stereocenters. The number of aliphatic hydroxyl groups is 1. The predicted molar refractivity (Wildman–Crippen MR) is 80.3 cm³/mol. The maximum absolute atomic E-state index is 10.6. The molecule has 0 aromatic heterocycles. The van der Waals surface area contributed by atoms with Gasteiger partial charge in [-0.25, -0.2) is 0 Å². The molecule has 20 heavy (non-hydrogen) atoms. The number of hydrogen-bond donors (Lipinski definition) is 2. The first-order valence-electron chi connectivity index (χ1n) is 8.16. The monoisotopic (exact) mass is 271 g/mol. The highest BCUT2D eigenvalue weighted by Crippen LogP contribution is 2.55. The van der Waals surface area contributed by atoms with Gasteiger partial charge in [-0.1, -0.05) is 30.3 Å². The molecule has 5 rings (SSSR count). The SMILES string of the molecule is C[C@H](N[C@H]1C2CC3CC1C[C@](O)(C3)C2)c1ccccc1. The highest BCUT2D eigenvalue weighted by Gasteiger charge is 2.54. The lowest BCUT2D eigenvalue weighted by atomic mass is 9.52. The minimum Gasteiger partial charge on any atom is -0.390 e. The van der Waals surface area contributed by atoms with Crippen LogP contribution in [0.15, 0.2) is 30.3 Å². The second kappa shape index (κ2) is 4.57. The lowest BCUT2D eigenvalue weighted by Crippen LogP contribution is -2.61. The van der Waals surface area contributed by atoms with Crippen molar-refractivity contribution in [1.29, 1.82) is 0 Å². The predicted octanol–water partition coefficient (Wildman–Crippen LogP) is 3.28. The van der Waals surface area contributed by atoms with Gasteiger partial charge >= 0.3 is 0 Å². The van der Waals surface area contributed by atoms with Gasteiger partial charge in [0.25, 0.3) is 0 Å². The van der Waals surface area contributed by atoms with Crippen LogP contribution in [0.25, 0.3) is 0 Å². The van der Waals surface area contributed by atoms with E-state index in [1.54, 1.807) is 0 Å². The fourth-order valence-corrected chi connectivity index (χ4v) is 5.38. The molecule has 108 valence electrons. The van der Waals surface area contributed by atoms with Crippen LogP contribution >= 0.6 is 0 Å². The number of benzene rings is 1. The lowest BCUT2D eigenvalue weighted by Gasteiger charge is -2.58. The van der Waals surface area contributed by atoms with Gasteiger partial charge in [-0.15, -0.1) is 0 Å². The van der Waals surface area contributed by atoms with Crippen LogP contribution in [0.2, 0.25) is 0 Å². The molecular weight excluding hydrogens is 246 g/mol. The van der Waals surface area contributed by atoms with Gasteiger partial charge in [-0.3, -0.25) is 0 Å². The van der Waals surface area contributed by atoms with Crippen molar-refractivity contribution < 1.29 is 5.11 Å². The first-order valence-corrected chi connectivity index (χ1v) is 8.16. The molecule has 4 aliphatic carbocycles. The van der Waals surface area contributed by atoms with Crippen molar-refractivity contribution in [3.05, 3.63) is 35.9 Å². The van der Waals surface area contributed by atoms with Crippen molar-refractivity contribution in [1.82, 2.24) is 5.32 Å². The van der Waals surface area contributed by atoms with E-state index >= 15 is 0 Å². The van der Waals surface area contributed by atoms with E-state index in [0.29, 0.717) is 23.9 Å². The number of rotatable bonds is 3. The normalized spacial score (nSPS) is 43.7. The van der Waals surface area contributed by atoms with E-state index in [4.69, 9.17) is 0 Å². The number of hydrogen-bond acceptors (Lipinski definition) is 2. The Morgan fingerprint density at radius 1 is 1.10 bits per heavy atom. The summed E-state index contributed by atoms with van der Waals surface area (Å²) in [5.74, 6) is 2.18. The smallest absolute Gasteiger partial charge is 0.0657 e. The molecule has 4 saturated carbocycles. The maximum Gasteiger partial charge on any atom is 0.0657 e. The summed E-state index contributed by atoms with van der Waals surface area (Å²) in [4.78, 5) is 0. The van der Waals surface area contributed by atoms with E-state index in [9.17, 15) is 5.11 Å². The van der Waals surface area contributed by atoms with Crippen LogP contribution in [-0.2, 0) is 0 Å². The van der Waals surface area contributed by atoms with Gasteiger partial charge in [0.1, 0.15) is 0 Å². The summed E-state index contributed by atoms with van der Waals surface area (Å²) in [5, 5.41) is 14.5. The largest absolute Gasteiger partial charge is 0.390 e. The summed E-state index contributed by atoms with van der Waals surface area (Å²) in [6, 6.07) is 11.8. The van der Waals surface area contributed by atoms with Crippen LogP contribution in [-0.4, -0.2) is 16.7 Å². The molecule has 0 radical (unpaired) electrons. The Morgan fingerprint density at radius 2 is 1.75 bits per heavy atom. The van der Waals surface area contributed by atoms with Crippen molar-refractivity contribution in [2.24, 2.45) is 17.8 Å². The summed E-state index contributed by atoms with van der Waals surface area (Å²) >= 11 is 0. The summed E-state index contributed by atoms with van der Waals surface area (Å²) < 4.78 is 0. The highest BCUT2D eigenvalue weighted by molar-refractivity contribution is 5.19. The third-order valence-electron chi connectivity index (χ3n) is 5.98. The molecular formula is C18H25NO. The van der Waals surface area contributed by atoms with Gasteiger partial charge in [0.05, 0.1) is 5.60 Å². The van der Waals surface area contributed by atoms with E-state index in [-0.39, 0.29) is 5.60 Å². The van der Waals surface area contributed by atoms with Gasteiger partial charge in [-0.05, 0) is 62.3 Å². The van der Waals surface area contributed by atoms with E-state index in [1.807, 2.05) is 0 Å².